The van der Waals surface area contributed by atoms with E-state index >= 15 is 0 Å². The molecule has 3 aliphatic rings. The maximum absolute atomic E-state index is 12.8. The zero-order valence-electron chi connectivity index (χ0n) is 22.7. The van der Waals surface area contributed by atoms with Gasteiger partial charge in [0.05, 0.1) is 10.6 Å². The third-order valence-corrected chi connectivity index (χ3v) is 8.18. The van der Waals surface area contributed by atoms with Crippen LogP contribution in [0.1, 0.15) is 70.2 Å². The van der Waals surface area contributed by atoms with Crippen molar-refractivity contribution in [1.82, 2.24) is 14.7 Å². The van der Waals surface area contributed by atoms with E-state index in [4.69, 9.17) is 16.3 Å². The van der Waals surface area contributed by atoms with Gasteiger partial charge in [0.1, 0.15) is 5.60 Å². The summed E-state index contributed by atoms with van der Waals surface area (Å²) in [4.78, 5) is 33.6. The van der Waals surface area contributed by atoms with Crippen LogP contribution in [-0.2, 0) is 4.74 Å². The molecular formula is C28H43ClN4O3. The lowest BCUT2D eigenvalue weighted by Gasteiger charge is -2.61. The highest BCUT2D eigenvalue weighted by atomic mass is 35.5. The summed E-state index contributed by atoms with van der Waals surface area (Å²) in [6, 6.07) is 6.47. The Hall–Kier alpha value is -1.99. The van der Waals surface area contributed by atoms with E-state index in [1.165, 1.54) is 12.8 Å². The van der Waals surface area contributed by atoms with Crippen LogP contribution in [0.4, 0.5) is 10.5 Å². The van der Waals surface area contributed by atoms with E-state index in [0.717, 1.165) is 70.8 Å². The lowest BCUT2D eigenvalue weighted by molar-refractivity contribution is -0.108. The van der Waals surface area contributed by atoms with Crippen LogP contribution in [0.5, 0.6) is 0 Å². The van der Waals surface area contributed by atoms with Gasteiger partial charge in [0.15, 0.2) is 0 Å². The van der Waals surface area contributed by atoms with Gasteiger partial charge in [-0.25, -0.2) is 4.79 Å². The second-order valence-corrected chi connectivity index (χ2v) is 12.4. The van der Waals surface area contributed by atoms with E-state index in [1.54, 1.807) is 4.90 Å². The van der Waals surface area contributed by atoms with E-state index in [-0.39, 0.29) is 12.0 Å². The fourth-order valence-electron chi connectivity index (χ4n) is 5.80. The van der Waals surface area contributed by atoms with Crippen molar-refractivity contribution in [2.24, 2.45) is 5.41 Å². The minimum Gasteiger partial charge on any atom is -0.444 e. The molecule has 8 heteroatoms. The minimum absolute atomic E-state index is 0.00684. The Balaban J connectivity index is 1.22. The highest BCUT2D eigenvalue weighted by molar-refractivity contribution is 6.34. The highest BCUT2D eigenvalue weighted by Gasteiger charge is 2.55. The monoisotopic (exact) mass is 518 g/mol. The molecule has 1 spiro atoms. The fourth-order valence-corrected chi connectivity index (χ4v) is 6.06. The average Bonchev–Trinajstić information content (AvgIpc) is 2.76. The molecule has 0 unspecified atom stereocenters. The van der Waals surface area contributed by atoms with Crippen LogP contribution in [0.3, 0.4) is 0 Å². The summed E-state index contributed by atoms with van der Waals surface area (Å²) < 4.78 is 5.50. The fraction of sp³-hybridized carbons (Fsp3) is 0.714. The maximum Gasteiger partial charge on any atom is 0.410 e. The maximum atomic E-state index is 12.8. The first-order valence-electron chi connectivity index (χ1n) is 13.5. The quantitative estimate of drug-likeness (QED) is 0.469. The van der Waals surface area contributed by atoms with Gasteiger partial charge < -0.3 is 19.4 Å². The number of amides is 2. The lowest BCUT2D eigenvalue weighted by atomic mass is 9.60. The number of piperazine rings is 1. The first kappa shape index (κ1) is 27.1. The van der Waals surface area contributed by atoms with Crippen molar-refractivity contribution in [3.8, 4) is 0 Å². The van der Waals surface area contributed by atoms with Crippen molar-refractivity contribution >= 4 is 29.3 Å². The Morgan fingerprint density at radius 3 is 2.36 bits per heavy atom. The standard InChI is InChI=1S/C28H43ClN4O3/c1-6-7-8-11-30(5)25(34)23-10-9-21(16-24(23)29)31-12-14-32(15-13-31)22-17-28(18-22)19-33(20-28)26(35)36-27(2,3)4/h9-10,16,22H,6-8,11-15,17-20H2,1-5H3. The lowest BCUT2D eigenvalue weighted by Crippen LogP contribution is -2.69. The number of rotatable bonds is 7. The van der Waals surface area contributed by atoms with Crippen LogP contribution in [0, 0.1) is 5.41 Å². The molecule has 1 aromatic rings. The molecule has 1 aromatic carbocycles. The molecule has 1 aliphatic carbocycles. The van der Waals surface area contributed by atoms with Gasteiger partial charge in [-0.05, 0) is 58.2 Å². The Labute approximate surface area is 221 Å². The van der Waals surface area contributed by atoms with Crippen LogP contribution in [0.2, 0.25) is 5.02 Å². The van der Waals surface area contributed by atoms with Crippen LogP contribution in [-0.4, -0.2) is 91.2 Å². The predicted molar refractivity (Wildman–Crippen MR) is 145 cm³/mol. The minimum atomic E-state index is -0.438. The van der Waals surface area contributed by atoms with E-state index in [1.807, 2.05) is 50.9 Å². The molecule has 0 atom stereocenters. The number of unbranched alkanes of at least 4 members (excludes halogenated alkanes) is 2. The van der Waals surface area contributed by atoms with Crippen LogP contribution < -0.4 is 4.90 Å². The van der Waals surface area contributed by atoms with Gasteiger partial charge >= 0.3 is 6.09 Å². The van der Waals surface area contributed by atoms with Crippen molar-refractivity contribution < 1.29 is 14.3 Å². The number of carbonyl (C=O) groups excluding carboxylic acids is 2. The Kier molecular flexibility index (Phi) is 8.10. The molecule has 0 aromatic heterocycles. The molecule has 1 saturated carbocycles. The third-order valence-electron chi connectivity index (χ3n) is 7.86. The smallest absolute Gasteiger partial charge is 0.410 e. The Morgan fingerprint density at radius 2 is 1.78 bits per heavy atom. The zero-order chi connectivity index (χ0) is 26.1. The molecule has 0 N–H and O–H groups in total. The van der Waals surface area contributed by atoms with Gasteiger partial charge in [0, 0.05) is 70.0 Å². The van der Waals surface area contributed by atoms with Crippen molar-refractivity contribution in [2.45, 2.75) is 71.4 Å². The molecule has 2 heterocycles. The largest absolute Gasteiger partial charge is 0.444 e. The Bertz CT molecular complexity index is 941. The molecule has 200 valence electrons. The number of nitrogens with zero attached hydrogens (tertiary/aromatic N) is 4. The van der Waals surface area contributed by atoms with Gasteiger partial charge in [0.2, 0.25) is 0 Å². The van der Waals surface area contributed by atoms with Crippen LogP contribution >= 0.6 is 11.6 Å². The predicted octanol–water partition coefficient (Wildman–Crippen LogP) is 5.12. The van der Waals surface area contributed by atoms with E-state index in [0.29, 0.717) is 22.0 Å². The van der Waals surface area contributed by atoms with Crippen LogP contribution in [0.25, 0.3) is 0 Å². The molecule has 3 fully saturated rings. The van der Waals surface area contributed by atoms with E-state index < -0.39 is 5.60 Å². The number of hydrogen-bond acceptors (Lipinski definition) is 5. The van der Waals surface area contributed by atoms with E-state index in [9.17, 15) is 9.59 Å². The summed E-state index contributed by atoms with van der Waals surface area (Å²) >= 11 is 6.56. The van der Waals surface area contributed by atoms with Crippen LogP contribution in [0.15, 0.2) is 18.2 Å². The summed E-state index contributed by atoms with van der Waals surface area (Å²) in [5, 5.41) is 0.530. The number of hydrogen-bond donors (Lipinski definition) is 0. The number of anilines is 1. The molecule has 4 rings (SSSR count). The van der Waals surface area contributed by atoms with Gasteiger partial charge in [0.25, 0.3) is 5.91 Å². The summed E-state index contributed by atoms with van der Waals surface area (Å²) in [6.07, 6.45) is 5.44. The zero-order valence-corrected chi connectivity index (χ0v) is 23.4. The van der Waals surface area contributed by atoms with Gasteiger partial charge in [-0.1, -0.05) is 31.4 Å². The van der Waals surface area contributed by atoms with E-state index in [2.05, 4.69) is 16.7 Å². The molecule has 2 aliphatic heterocycles. The molecule has 2 saturated heterocycles. The first-order chi connectivity index (χ1) is 17.0. The van der Waals surface area contributed by atoms with Crippen molar-refractivity contribution in [1.29, 1.82) is 0 Å². The number of benzene rings is 1. The molecule has 36 heavy (non-hydrogen) atoms. The summed E-state index contributed by atoms with van der Waals surface area (Å²) in [6.45, 7) is 14.3. The average molecular weight is 519 g/mol. The normalized spacial score (nSPS) is 20.2. The SMILES string of the molecule is CCCCCN(C)C(=O)c1ccc(N2CCN(C3CC4(C3)CN(C(=O)OC(C)(C)C)C4)CC2)cc1Cl. The summed E-state index contributed by atoms with van der Waals surface area (Å²) in [5.74, 6) is -0.00684. The topological polar surface area (TPSA) is 56.3 Å². The van der Waals surface area contributed by atoms with Crippen molar-refractivity contribution in [3.63, 3.8) is 0 Å². The van der Waals surface area contributed by atoms with Gasteiger partial charge in [-0.2, -0.15) is 0 Å². The highest BCUT2D eigenvalue weighted by Crippen LogP contribution is 2.50. The molecular weight excluding hydrogens is 476 g/mol. The molecule has 7 nitrogen and oxygen atoms in total. The summed E-state index contributed by atoms with van der Waals surface area (Å²) in [7, 11) is 1.85. The number of halogens is 1. The summed E-state index contributed by atoms with van der Waals surface area (Å²) in [5.41, 5.74) is 1.53. The van der Waals surface area contributed by atoms with Gasteiger partial charge in [-0.15, -0.1) is 0 Å². The van der Waals surface area contributed by atoms with Crippen molar-refractivity contribution in [2.75, 3.05) is 57.8 Å². The molecule has 0 bridgehead atoms. The number of carbonyl (C=O) groups is 2. The Morgan fingerprint density at radius 1 is 1.11 bits per heavy atom. The molecule has 2 amide bonds. The molecule has 0 radical (unpaired) electrons. The van der Waals surface area contributed by atoms with Gasteiger partial charge in [-0.3, -0.25) is 9.69 Å². The van der Waals surface area contributed by atoms with Crippen molar-refractivity contribution in [3.05, 3.63) is 28.8 Å². The second kappa shape index (κ2) is 10.8. The first-order valence-corrected chi connectivity index (χ1v) is 13.9. The second-order valence-electron chi connectivity index (χ2n) is 12.0. The number of ether oxygens (including phenoxy) is 1. The number of likely N-dealkylation sites (tertiary alicyclic amines) is 1. The third kappa shape index (κ3) is 6.10.